The van der Waals surface area contributed by atoms with Gasteiger partial charge in [-0.05, 0) is 38.2 Å². The van der Waals surface area contributed by atoms with Gasteiger partial charge in [0, 0.05) is 13.0 Å². The van der Waals surface area contributed by atoms with Crippen LogP contribution in [0.2, 0.25) is 0 Å². The van der Waals surface area contributed by atoms with Gasteiger partial charge in [0.2, 0.25) is 0 Å². The fourth-order valence-electron chi connectivity index (χ4n) is 2.58. The second-order valence-corrected chi connectivity index (χ2v) is 5.42. The number of hydrogen-bond donors (Lipinski definition) is 1. The van der Waals surface area contributed by atoms with E-state index in [1.807, 2.05) is 6.08 Å². The number of aliphatic hydroxyl groups is 1. The van der Waals surface area contributed by atoms with Crippen molar-refractivity contribution in [3.8, 4) is 0 Å². The predicted molar refractivity (Wildman–Crippen MR) is 75.6 cm³/mol. The maximum absolute atomic E-state index is 11.2. The number of aliphatic hydroxyl groups excluding tert-OH is 1. The van der Waals surface area contributed by atoms with Crippen molar-refractivity contribution < 1.29 is 9.90 Å². The van der Waals surface area contributed by atoms with Crippen molar-refractivity contribution >= 4 is 5.78 Å². The lowest BCUT2D eigenvalue weighted by Gasteiger charge is -2.11. The average molecular weight is 252 g/mol. The molecule has 104 valence electrons. The number of hydrogen-bond acceptors (Lipinski definition) is 2. The summed E-state index contributed by atoms with van der Waals surface area (Å²) in [4.78, 5) is 11.2. The number of carbonyl (C=O) groups is 1. The molecule has 1 N–H and O–H groups in total. The molecule has 0 aromatic carbocycles. The number of carbonyl (C=O) groups excluding carboxylic acids is 1. The minimum atomic E-state index is 0.333. The molecule has 1 aliphatic rings. The lowest BCUT2D eigenvalue weighted by atomic mass is 9.94. The Morgan fingerprint density at radius 2 is 1.50 bits per heavy atom. The minimum Gasteiger partial charge on any atom is -0.396 e. The summed E-state index contributed by atoms with van der Waals surface area (Å²) >= 11 is 0. The van der Waals surface area contributed by atoms with Crippen molar-refractivity contribution in [2.75, 3.05) is 6.61 Å². The molecule has 0 aliphatic heterocycles. The molecule has 0 aromatic rings. The van der Waals surface area contributed by atoms with Gasteiger partial charge in [-0.25, -0.2) is 0 Å². The lowest BCUT2D eigenvalue weighted by molar-refractivity contribution is -0.115. The first-order chi connectivity index (χ1) is 8.83. The molecule has 1 rings (SSSR count). The number of unbranched alkanes of at least 4 members (excludes halogenated alkanes) is 7. The SMILES string of the molecule is O=C1C=C(CCCCCCCCCCO)CCC1. The Morgan fingerprint density at radius 1 is 0.889 bits per heavy atom. The number of rotatable bonds is 10. The molecule has 1 aliphatic carbocycles. The Hall–Kier alpha value is -0.630. The van der Waals surface area contributed by atoms with Crippen molar-refractivity contribution in [3.63, 3.8) is 0 Å². The molecule has 0 unspecified atom stereocenters. The Bertz CT molecular complexity index is 256. The Labute approximate surface area is 111 Å². The van der Waals surface area contributed by atoms with Crippen LogP contribution in [0.4, 0.5) is 0 Å². The van der Waals surface area contributed by atoms with Crippen LogP contribution in [0.25, 0.3) is 0 Å². The van der Waals surface area contributed by atoms with Crippen LogP contribution in [-0.2, 0) is 4.79 Å². The van der Waals surface area contributed by atoms with Crippen LogP contribution in [0.3, 0.4) is 0 Å². The van der Waals surface area contributed by atoms with Gasteiger partial charge in [0.15, 0.2) is 5.78 Å². The summed E-state index contributed by atoms with van der Waals surface area (Å²) in [6.45, 7) is 0.341. The monoisotopic (exact) mass is 252 g/mol. The first kappa shape index (κ1) is 15.4. The molecule has 0 saturated carbocycles. The molecule has 0 bridgehead atoms. The third-order valence-corrected chi connectivity index (χ3v) is 3.69. The van der Waals surface area contributed by atoms with E-state index in [0.29, 0.717) is 12.4 Å². The highest BCUT2D eigenvalue weighted by Gasteiger charge is 2.08. The molecule has 0 spiro atoms. The molecule has 0 saturated heterocycles. The van der Waals surface area contributed by atoms with E-state index in [-0.39, 0.29) is 0 Å². The Kier molecular flexibility index (Phi) is 8.83. The zero-order valence-electron chi connectivity index (χ0n) is 11.6. The molecule has 0 aromatic heterocycles. The fourth-order valence-corrected chi connectivity index (χ4v) is 2.58. The molecule has 2 heteroatoms. The van der Waals surface area contributed by atoms with Crippen molar-refractivity contribution in [3.05, 3.63) is 11.6 Å². The highest BCUT2D eigenvalue weighted by Crippen LogP contribution is 2.21. The zero-order chi connectivity index (χ0) is 13.1. The van der Waals surface area contributed by atoms with Crippen LogP contribution in [0.15, 0.2) is 11.6 Å². The summed E-state index contributed by atoms with van der Waals surface area (Å²) in [6.07, 6.45) is 15.9. The van der Waals surface area contributed by atoms with Gasteiger partial charge in [0.25, 0.3) is 0 Å². The Balaban J connectivity index is 1.88. The summed E-state index contributed by atoms with van der Waals surface area (Å²) in [5, 5.41) is 8.65. The van der Waals surface area contributed by atoms with Gasteiger partial charge < -0.3 is 5.11 Å². The smallest absolute Gasteiger partial charge is 0.155 e. The topological polar surface area (TPSA) is 37.3 Å². The van der Waals surface area contributed by atoms with Crippen molar-refractivity contribution in [1.29, 1.82) is 0 Å². The van der Waals surface area contributed by atoms with Gasteiger partial charge in [-0.2, -0.15) is 0 Å². The van der Waals surface area contributed by atoms with Crippen LogP contribution in [0, 0.1) is 0 Å². The van der Waals surface area contributed by atoms with Crippen LogP contribution in [-0.4, -0.2) is 17.5 Å². The third kappa shape index (κ3) is 7.65. The van der Waals surface area contributed by atoms with E-state index in [2.05, 4.69) is 0 Å². The van der Waals surface area contributed by atoms with E-state index < -0.39 is 0 Å². The molecule has 18 heavy (non-hydrogen) atoms. The van der Waals surface area contributed by atoms with Crippen molar-refractivity contribution in [1.82, 2.24) is 0 Å². The molecule has 0 radical (unpaired) electrons. The number of ketones is 1. The van der Waals surface area contributed by atoms with Crippen molar-refractivity contribution in [2.24, 2.45) is 0 Å². The third-order valence-electron chi connectivity index (χ3n) is 3.69. The second-order valence-electron chi connectivity index (χ2n) is 5.42. The van der Waals surface area contributed by atoms with E-state index in [1.54, 1.807) is 0 Å². The summed E-state index contributed by atoms with van der Waals surface area (Å²) in [5.41, 5.74) is 1.38. The van der Waals surface area contributed by atoms with Crippen LogP contribution in [0.1, 0.15) is 77.0 Å². The molecular weight excluding hydrogens is 224 g/mol. The van der Waals surface area contributed by atoms with Gasteiger partial charge in [-0.15, -0.1) is 0 Å². The van der Waals surface area contributed by atoms with Gasteiger partial charge in [0.05, 0.1) is 0 Å². The average Bonchev–Trinajstić information content (AvgIpc) is 2.37. The molecular formula is C16H28O2. The molecule has 0 amide bonds. The predicted octanol–water partition coefficient (Wildman–Crippen LogP) is 4.17. The van der Waals surface area contributed by atoms with Gasteiger partial charge >= 0.3 is 0 Å². The first-order valence-corrected chi connectivity index (χ1v) is 7.66. The molecule has 2 nitrogen and oxygen atoms in total. The number of allylic oxidation sites excluding steroid dienone is 2. The second kappa shape index (κ2) is 10.3. The minimum absolute atomic E-state index is 0.333. The summed E-state index contributed by atoms with van der Waals surface area (Å²) in [6, 6.07) is 0. The van der Waals surface area contributed by atoms with E-state index in [9.17, 15) is 4.79 Å². The maximum atomic E-state index is 11.2. The molecule has 0 atom stereocenters. The van der Waals surface area contributed by atoms with E-state index in [4.69, 9.17) is 5.11 Å². The van der Waals surface area contributed by atoms with Crippen molar-refractivity contribution in [2.45, 2.75) is 77.0 Å². The van der Waals surface area contributed by atoms with Gasteiger partial charge in [0.1, 0.15) is 0 Å². The molecule has 0 heterocycles. The summed E-state index contributed by atoms with van der Waals surface area (Å²) in [7, 11) is 0. The first-order valence-electron chi connectivity index (χ1n) is 7.66. The maximum Gasteiger partial charge on any atom is 0.155 e. The largest absolute Gasteiger partial charge is 0.396 e. The summed E-state index contributed by atoms with van der Waals surface area (Å²) in [5.74, 6) is 0.333. The standard InChI is InChI=1S/C16H28O2/c17-13-8-6-4-2-1-3-5-7-10-15-11-9-12-16(18)14-15/h14,17H,1-13H2. The van der Waals surface area contributed by atoms with Gasteiger partial charge in [-0.1, -0.05) is 44.1 Å². The Morgan fingerprint density at radius 3 is 2.11 bits per heavy atom. The highest BCUT2D eigenvalue weighted by molar-refractivity contribution is 5.91. The lowest BCUT2D eigenvalue weighted by Crippen LogP contribution is -2.02. The van der Waals surface area contributed by atoms with E-state index in [0.717, 1.165) is 32.1 Å². The fraction of sp³-hybridized carbons (Fsp3) is 0.812. The van der Waals surface area contributed by atoms with E-state index in [1.165, 1.54) is 50.5 Å². The normalized spacial score (nSPS) is 15.8. The van der Waals surface area contributed by atoms with Gasteiger partial charge in [-0.3, -0.25) is 4.79 Å². The van der Waals surface area contributed by atoms with Crippen LogP contribution in [0.5, 0.6) is 0 Å². The molecule has 0 fully saturated rings. The van der Waals surface area contributed by atoms with Crippen LogP contribution < -0.4 is 0 Å². The zero-order valence-corrected chi connectivity index (χ0v) is 11.6. The van der Waals surface area contributed by atoms with E-state index >= 15 is 0 Å². The highest BCUT2D eigenvalue weighted by atomic mass is 16.2. The van der Waals surface area contributed by atoms with Crippen LogP contribution >= 0.6 is 0 Å². The summed E-state index contributed by atoms with van der Waals surface area (Å²) < 4.78 is 0. The quantitative estimate of drug-likeness (QED) is 0.592.